The summed E-state index contributed by atoms with van der Waals surface area (Å²) in [6, 6.07) is 11.1. The number of carbonyl (C=O) groups is 1. The number of sulfonamides is 1. The van der Waals surface area contributed by atoms with Crippen LogP contribution in [-0.2, 0) is 16.6 Å². The van der Waals surface area contributed by atoms with Crippen LogP contribution in [0.3, 0.4) is 0 Å². The molecule has 1 amide bonds. The van der Waals surface area contributed by atoms with Gasteiger partial charge in [-0.1, -0.05) is 6.07 Å². The zero-order chi connectivity index (χ0) is 20.1. The highest BCUT2D eigenvalue weighted by Crippen LogP contribution is 2.18. The molecule has 0 aliphatic carbocycles. The van der Waals surface area contributed by atoms with E-state index >= 15 is 0 Å². The van der Waals surface area contributed by atoms with Gasteiger partial charge in [-0.2, -0.15) is 5.26 Å². The van der Waals surface area contributed by atoms with E-state index in [1.54, 1.807) is 11.4 Å². The van der Waals surface area contributed by atoms with Crippen LogP contribution in [0.25, 0.3) is 0 Å². The van der Waals surface area contributed by atoms with Gasteiger partial charge in [0, 0.05) is 23.7 Å². The second-order valence-electron chi connectivity index (χ2n) is 5.58. The van der Waals surface area contributed by atoms with Crippen LogP contribution in [0, 0.1) is 17.1 Å². The lowest BCUT2D eigenvalue weighted by atomic mass is 10.1. The standard InChI is InChI=1S/C18H13FN4O3S2/c19-16-6-1-12(9-14(16)10-20)11-22-17(24)13-2-4-15(5-3-13)28(25,26)23-18-21-7-8-27-18/h1-9H,11H2,(H,21,23)(H,22,24). The van der Waals surface area contributed by atoms with Gasteiger partial charge in [0.1, 0.15) is 11.9 Å². The Balaban J connectivity index is 1.66. The van der Waals surface area contributed by atoms with Crippen molar-refractivity contribution in [1.82, 2.24) is 10.3 Å². The van der Waals surface area contributed by atoms with Crippen molar-refractivity contribution in [3.05, 3.63) is 76.5 Å². The van der Waals surface area contributed by atoms with Crippen LogP contribution in [0.4, 0.5) is 9.52 Å². The van der Waals surface area contributed by atoms with Crippen LogP contribution in [-0.4, -0.2) is 19.3 Å². The third-order valence-corrected chi connectivity index (χ3v) is 5.86. The normalized spacial score (nSPS) is 10.9. The molecule has 142 valence electrons. The van der Waals surface area contributed by atoms with E-state index in [9.17, 15) is 17.6 Å². The average Bonchev–Trinajstić information content (AvgIpc) is 3.19. The van der Waals surface area contributed by atoms with E-state index in [2.05, 4.69) is 15.0 Å². The number of anilines is 1. The summed E-state index contributed by atoms with van der Waals surface area (Å²) in [5.74, 6) is -1.06. The second kappa shape index (κ2) is 8.16. The number of nitrogens with zero attached hydrogens (tertiary/aromatic N) is 2. The molecule has 0 bridgehead atoms. The van der Waals surface area contributed by atoms with E-state index in [4.69, 9.17) is 5.26 Å². The Morgan fingerprint density at radius 2 is 1.96 bits per heavy atom. The Kier molecular flexibility index (Phi) is 5.67. The quantitative estimate of drug-likeness (QED) is 0.642. The molecule has 0 aliphatic rings. The fraction of sp³-hybridized carbons (Fsp3) is 0.0556. The molecule has 3 aromatic rings. The molecule has 0 unspecified atom stereocenters. The number of aromatic nitrogens is 1. The Hall–Kier alpha value is -3.29. The summed E-state index contributed by atoms with van der Waals surface area (Å²) in [6.45, 7) is 0.0967. The molecular formula is C18H13FN4O3S2. The van der Waals surface area contributed by atoms with Gasteiger partial charge in [-0.25, -0.2) is 17.8 Å². The number of hydrogen-bond acceptors (Lipinski definition) is 6. The zero-order valence-corrected chi connectivity index (χ0v) is 15.8. The van der Waals surface area contributed by atoms with E-state index in [0.717, 1.165) is 17.4 Å². The van der Waals surface area contributed by atoms with Crippen molar-refractivity contribution in [3.8, 4) is 6.07 Å². The summed E-state index contributed by atoms with van der Waals surface area (Å²) in [4.78, 5) is 16.1. The maximum Gasteiger partial charge on any atom is 0.263 e. The summed E-state index contributed by atoms with van der Waals surface area (Å²) in [7, 11) is -3.79. The van der Waals surface area contributed by atoms with E-state index in [1.165, 1.54) is 42.6 Å². The van der Waals surface area contributed by atoms with Crippen molar-refractivity contribution in [2.75, 3.05) is 4.72 Å². The Morgan fingerprint density at radius 1 is 1.21 bits per heavy atom. The highest BCUT2D eigenvalue weighted by atomic mass is 32.2. The van der Waals surface area contributed by atoms with Crippen molar-refractivity contribution < 1.29 is 17.6 Å². The van der Waals surface area contributed by atoms with Gasteiger partial charge in [-0.15, -0.1) is 11.3 Å². The molecule has 10 heteroatoms. The number of nitriles is 1. The smallest absolute Gasteiger partial charge is 0.263 e. The first-order valence-corrected chi connectivity index (χ1v) is 10.2. The van der Waals surface area contributed by atoms with Crippen LogP contribution < -0.4 is 10.0 Å². The number of amides is 1. The van der Waals surface area contributed by atoms with Crippen LogP contribution in [0.5, 0.6) is 0 Å². The van der Waals surface area contributed by atoms with Crippen molar-refractivity contribution in [2.24, 2.45) is 0 Å². The fourth-order valence-electron chi connectivity index (χ4n) is 2.29. The first kappa shape index (κ1) is 19.5. The van der Waals surface area contributed by atoms with Crippen LogP contribution >= 0.6 is 11.3 Å². The molecule has 0 fully saturated rings. The van der Waals surface area contributed by atoms with Gasteiger partial charge >= 0.3 is 0 Å². The number of rotatable bonds is 6. The molecule has 28 heavy (non-hydrogen) atoms. The van der Waals surface area contributed by atoms with Crippen LogP contribution in [0.2, 0.25) is 0 Å². The number of hydrogen-bond donors (Lipinski definition) is 2. The monoisotopic (exact) mass is 416 g/mol. The summed E-state index contributed by atoms with van der Waals surface area (Å²) >= 11 is 1.15. The predicted octanol–water partition coefficient (Wildman–Crippen LogP) is 2.88. The molecule has 0 radical (unpaired) electrons. The lowest BCUT2D eigenvalue weighted by Gasteiger charge is -2.08. The van der Waals surface area contributed by atoms with E-state index in [1.807, 2.05) is 0 Å². The van der Waals surface area contributed by atoms with E-state index < -0.39 is 21.7 Å². The van der Waals surface area contributed by atoms with Crippen molar-refractivity contribution in [1.29, 1.82) is 5.26 Å². The molecule has 2 N–H and O–H groups in total. The van der Waals surface area contributed by atoms with Crippen molar-refractivity contribution in [3.63, 3.8) is 0 Å². The number of halogens is 1. The first-order chi connectivity index (χ1) is 13.4. The molecule has 0 aliphatic heterocycles. The minimum Gasteiger partial charge on any atom is -0.348 e. The molecule has 0 atom stereocenters. The fourth-order valence-corrected chi connectivity index (χ4v) is 4.07. The molecule has 0 spiro atoms. The third-order valence-electron chi connectivity index (χ3n) is 3.69. The molecular weight excluding hydrogens is 403 g/mol. The van der Waals surface area contributed by atoms with E-state index in [-0.39, 0.29) is 27.7 Å². The maximum atomic E-state index is 13.3. The van der Waals surface area contributed by atoms with Gasteiger partial charge in [-0.3, -0.25) is 9.52 Å². The minimum absolute atomic E-state index is 0.00329. The Bertz CT molecular complexity index is 1140. The Labute approximate surface area is 164 Å². The predicted molar refractivity (Wildman–Crippen MR) is 102 cm³/mol. The number of nitrogens with one attached hydrogen (secondary N) is 2. The SMILES string of the molecule is N#Cc1cc(CNC(=O)c2ccc(S(=O)(=O)Nc3nccs3)cc2)ccc1F. The zero-order valence-electron chi connectivity index (χ0n) is 14.2. The summed E-state index contributed by atoms with van der Waals surface area (Å²) in [5.41, 5.74) is 0.725. The second-order valence-corrected chi connectivity index (χ2v) is 8.15. The van der Waals surface area contributed by atoms with Gasteiger partial charge in [-0.05, 0) is 42.0 Å². The molecule has 1 heterocycles. The average molecular weight is 416 g/mol. The molecule has 0 saturated carbocycles. The number of carbonyl (C=O) groups excluding carboxylic acids is 1. The van der Waals surface area contributed by atoms with Gasteiger partial charge in [0.25, 0.3) is 15.9 Å². The topological polar surface area (TPSA) is 112 Å². The first-order valence-electron chi connectivity index (χ1n) is 7.88. The summed E-state index contributed by atoms with van der Waals surface area (Å²) < 4.78 is 40.2. The van der Waals surface area contributed by atoms with Crippen molar-refractivity contribution >= 4 is 32.4 Å². The molecule has 7 nitrogen and oxygen atoms in total. The molecule has 2 aromatic carbocycles. The lowest BCUT2D eigenvalue weighted by Crippen LogP contribution is -2.23. The maximum absolute atomic E-state index is 13.3. The minimum atomic E-state index is -3.79. The van der Waals surface area contributed by atoms with Crippen molar-refractivity contribution in [2.45, 2.75) is 11.4 Å². The Morgan fingerprint density at radius 3 is 2.61 bits per heavy atom. The van der Waals surface area contributed by atoms with Gasteiger partial charge in [0.2, 0.25) is 0 Å². The molecule has 3 rings (SSSR count). The highest BCUT2D eigenvalue weighted by molar-refractivity contribution is 7.93. The lowest BCUT2D eigenvalue weighted by molar-refractivity contribution is 0.0951. The largest absolute Gasteiger partial charge is 0.348 e. The van der Waals surface area contributed by atoms with E-state index in [0.29, 0.717) is 5.56 Å². The molecule has 1 aromatic heterocycles. The number of benzene rings is 2. The van der Waals surface area contributed by atoms with Gasteiger partial charge in [0.05, 0.1) is 10.5 Å². The van der Waals surface area contributed by atoms with Crippen LogP contribution in [0.1, 0.15) is 21.5 Å². The number of thiazole rings is 1. The van der Waals surface area contributed by atoms with Crippen LogP contribution in [0.15, 0.2) is 58.9 Å². The molecule has 0 saturated heterocycles. The summed E-state index contributed by atoms with van der Waals surface area (Å²) in [5, 5.41) is 13.4. The van der Waals surface area contributed by atoms with Gasteiger partial charge in [0.15, 0.2) is 5.13 Å². The summed E-state index contributed by atoms with van der Waals surface area (Å²) in [6.07, 6.45) is 1.48. The highest BCUT2D eigenvalue weighted by Gasteiger charge is 2.16. The van der Waals surface area contributed by atoms with Gasteiger partial charge < -0.3 is 5.32 Å². The third kappa shape index (κ3) is 4.51.